The lowest BCUT2D eigenvalue weighted by atomic mass is 9.95. The molecule has 166 valence electrons. The summed E-state index contributed by atoms with van der Waals surface area (Å²) in [7, 11) is -0.778. The van der Waals surface area contributed by atoms with Gasteiger partial charge in [-0.15, -0.1) is 0 Å². The molecule has 2 aromatic rings. The Balaban J connectivity index is 1.61. The fourth-order valence-electron chi connectivity index (χ4n) is 3.37. The smallest absolute Gasteiger partial charge is 0.256 e. The second-order valence-corrected chi connectivity index (χ2v) is 9.65. The van der Waals surface area contributed by atoms with Gasteiger partial charge in [0.2, 0.25) is 15.9 Å². The molecule has 2 aromatic carbocycles. The van der Waals surface area contributed by atoms with Crippen LogP contribution in [0.4, 0.5) is 14.5 Å². The van der Waals surface area contributed by atoms with Crippen LogP contribution in [0, 0.1) is 17.6 Å². The van der Waals surface area contributed by atoms with E-state index < -0.39 is 27.6 Å². The van der Waals surface area contributed by atoms with Crippen molar-refractivity contribution < 1.29 is 26.8 Å². The number of halogens is 2. The van der Waals surface area contributed by atoms with Crippen molar-refractivity contribution in [2.24, 2.45) is 5.92 Å². The average molecular weight is 451 g/mol. The third kappa shape index (κ3) is 5.08. The second-order valence-electron chi connectivity index (χ2n) is 7.50. The first-order valence-corrected chi connectivity index (χ1v) is 11.1. The Bertz CT molecular complexity index is 1100. The van der Waals surface area contributed by atoms with Crippen molar-refractivity contribution in [1.82, 2.24) is 9.21 Å². The molecule has 7 nitrogen and oxygen atoms in total. The van der Waals surface area contributed by atoms with Crippen molar-refractivity contribution >= 4 is 27.5 Å². The zero-order valence-electron chi connectivity index (χ0n) is 17.1. The molecule has 0 spiro atoms. The summed E-state index contributed by atoms with van der Waals surface area (Å²) in [6.07, 6.45) is 0.742. The van der Waals surface area contributed by atoms with Gasteiger partial charge in [-0.25, -0.2) is 21.5 Å². The lowest BCUT2D eigenvalue weighted by Gasteiger charge is -2.31. The van der Waals surface area contributed by atoms with Crippen LogP contribution in [0.3, 0.4) is 0 Å². The molecule has 3 rings (SSSR count). The Morgan fingerprint density at radius 3 is 2.35 bits per heavy atom. The molecule has 0 radical (unpaired) electrons. The highest BCUT2D eigenvalue weighted by Crippen LogP contribution is 2.23. The maximum absolute atomic E-state index is 13.9. The minimum absolute atomic E-state index is 0.0667. The quantitative estimate of drug-likeness (QED) is 0.757. The number of nitrogens with zero attached hydrogens (tertiary/aromatic N) is 2. The Labute approximate surface area is 179 Å². The number of nitrogens with one attached hydrogen (secondary N) is 1. The number of hydrogen-bond acceptors (Lipinski definition) is 4. The van der Waals surface area contributed by atoms with Crippen molar-refractivity contribution in [1.29, 1.82) is 0 Å². The summed E-state index contributed by atoms with van der Waals surface area (Å²) < 4.78 is 52.5. The van der Waals surface area contributed by atoms with Gasteiger partial charge in [-0.3, -0.25) is 9.59 Å². The van der Waals surface area contributed by atoms with Gasteiger partial charge in [-0.1, -0.05) is 6.07 Å². The van der Waals surface area contributed by atoms with Gasteiger partial charge in [0.1, 0.15) is 11.6 Å². The predicted octanol–water partition coefficient (Wildman–Crippen LogP) is 2.71. The summed E-state index contributed by atoms with van der Waals surface area (Å²) in [6.45, 7) is 0.506. The second kappa shape index (κ2) is 9.11. The van der Waals surface area contributed by atoms with Crippen molar-refractivity contribution in [3.63, 3.8) is 0 Å². The van der Waals surface area contributed by atoms with E-state index >= 15 is 0 Å². The number of carbonyl (C=O) groups is 2. The number of benzene rings is 2. The predicted molar refractivity (Wildman–Crippen MR) is 111 cm³/mol. The Kier molecular flexibility index (Phi) is 6.71. The van der Waals surface area contributed by atoms with Crippen LogP contribution >= 0.6 is 0 Å². The number of anilines is 1. The molecule has 1 aliphatic rings. The summed E-state index contributed by atoms with van der Waals surface area (Å²) in [5.41, 5.74) is 0.156. The van der Waals surface area contributed by atoms with Gasteiger partial charge in [0.15, 0.2) is 0 Å². The molecule has 1 aliphatic heterocycles. The van der Waals surface area contributed by atoms with Gasteiger partial charge >= 0.3 is 0 Å². The molecular weight excluding hydrogens is 428 g/mol. The van der Waals surface area contributed by atoms with Crippen molar-refractivity contribution in [2.75, 3.05) is 32.5 Å². The van der Waals surface area contributed by atoms with E-state index in [1.807, 2.05) is 0 Å². The molecule has 0 aromatic heterocycles. The minimum Gasteiger partial charge on any atom is -0.339 e. The first-order chi connectivity index (χ1) is 14.6. The largest absolute Gasteiger partial charge is 0.339 e. The summed E-state index contributed by atoms with van der Waals surface area (Å²) in [5, 5.41) is 2.73. The van der Waals surface area contributed by atoms with Crippen LogP contribution in [-0.2, 0) is 14.8 Å². The number of sulfonamides is 1. The Morgan fingerprint density at radius 1 is 1.06 bits per heavy atom. The Hall–Kier alpha value is -2.85. The summed E-state index contributed by atoms with van der Waals surface area (Å²) in [5.74, 6) is -2.88. The van der Waals surface area contributed by atoms with E-state index in [-0.39, 0.29) is 35.4 Å². The van der Waals surface area contributed by atoms with Gasteiger partial charge < -0.3 is 10.2 Å². The topological polar surface area (TPSA) is 86.8 Å². The van der Waals surface area contributed by atoms with Crippen LogP contribution in [0.25, 0.3) is 0 Å². The number of piperidine rings is 1. The monoisotopic (exact) mass is 451 g/mol. The van der Waals surface area contributed by atoms with Gasteiger partial charge in [0.05, 0.1) is 10.5 Å². The standard InChI is InChI=1S/C21H23F2N3O4S/c1-25(2)31(29,30)17-5-3-4-16(13-17)24-20(27)14-8-10-26(11-9-14)21(28)18-7-6-15(22)12-19(18)23/h3-7,12-14H,8-11H2,1-2H3,(H,24,27). The molecule has 0 unspecified atom stereocenters. The molecule has 1 fully saturated rings. The third-order valence-electron chi connectivity index (χ3n) is 5.19. The van der Waals surface area contributed by atoms with E-state index in [2.05, 4.69) is 5.32 Å². The molecule has 31 heavy (non-hydrogen) atoms. The van der Waals surface area contributed by atoms with Crippen molar-refractivity contribution in [3.8, 4) is 0 Å². The van der Waals surface area contributed by atoms with Crippen LogP contribution in [0.2, 0.25) is 0 Å². The normalized spacial score (nSPS) is 15.2. The van der Waals surface area contributed by atoms with Gasteiger partial charge in [-0.2, -0.15) is 0 Å². The van der Waals surface area contributed by atoms with E-state index in [9.17, 15) is 26.8 Å². The highest BCUT2D eigenvalue weighted by atomic mass is 32.2. The highest BCUT2D eigenvalue weighted by molar-refractivity contribution is 7.89. The zero-order valence-corrected chi connectivity index (χ0v) is 18.0. The number of hydrogen-bond donors (Lipinski definition) is 1. The first-order valence-electron chi connectivity index (χ1n) is 9.67. The SMILES string of the molecule is CN(C)S(=O)(=O)c1cccc(NC(=O)C2CCN(C(=O)c3ccc(F)cc3F)CC2)c1. The molecule has 0 saturated carbocycles. The van der Waals surface area contributed by atoms with E-state index in [1.165, 1.54) is 31.1 Å². The van der Waals surface area contributed by atoms with Crippen LogP contribution in [-0.4, -0.2) is 56.6 Å². The van der Waals surface area contributed by atoms with E-state index in [0.717, 1.165) is 16.4 Å². The lowest BCUT2D eigenvalue weighted by Crippen LogP contribution is -2.41. The molecule has 10 heteroatoms. The maximum Gasteiger partial charge on any atom is 0.256 e. The lowest BCUT2D eigenvalue weighted by molar-refractivity contribution is -0.121. The number of rotatable bonds is 5. The molecule has 2 amide bonds. The summed E-state index contributed by atoms with van der Waals surface area (Å²) in [4.78, 5) is 26.6. The van der Waals surface area contributed by atoms with E-state index in [1.54, 1.807) is 12.1 Å². The molecule has 1 heterocycles. The highest BCUT2D eigenvalue weighted by Gasteiger charge is 2.29. The number of carbonyl (C=O) groups excluding carboxylic acids is 2. The molecule has 1 saturated heterocycles. The van der Waals surface area contributed by atoms with Gasteiger partial charge in [-0.05, 0) is 43.2 Å². The molecular formula is C21H23F2N3O4S. The fourth-order valence-corrected chi connectivity index (χ4v) is 4.32. The average Bonchev–Trinajstić information content (AvgIpc) is 2.73. The van der Waals surface area contributed by atoms with Crippen LogP contribution in [0.5, 0.6) is 0 Å². The first kappa shape index (κ1) is 22.8. The van der Waals surface area contributed by atoms with Crippen LogP contribution < -0.4 is 5.32 Å². The maximum atomic E-state index is 13.9. The molecule has 0 bridgehead atoms. The summed E-state index contributed by atoms with van der Waals surface area (Å²) >= 11 is 0. The molecule has 0 atom stereocenters. The van der Waals surface area contributed by atoms with Gasteiger partial charge in [0, 0.05) is 44.9 Å². The fraction of sp³-hybridized carbons (Fsp3) is 0.333. The minimum atomic E-state index is -3.63. The van der Waals surface area contributed by atoms with Crippen molar-refractivity contribution in [2.45, 2.75) is 17.7 Å². The van der Waals surface area contributed by atoms with Gasteiger partial charge in [0.25, 0.3) is 5.91 Å². The van der Waals surface area contributed by atoms with E-state index in [0.29, 0.717) is 24.6 Å². The molecule has 0 aliphatic carbocycles. The zero-order chi connectivity index (χ0) is 22.8. The number of likely N-dealkylation sites (tertiary alicyclic amines) is 1. The van der Waals surface area contributed by atoms with Crippen LogP contribution in [0.1, 0.15) is 23.2 Å². The molecule has 1 N–H and O–H groups in total. The van der Waals surface area contributed by atoms with Crippen molar-refractivity contribution in [3.05, 3.63) is 59.7 Å². The number of amides is 2. The third-order valence-corrected chi connectivity index (χ3v) is 7.01. The van der Waals surface area contributed by atoms with Crippen LogP contribution in [0.15, 0.2) is 47.4 Å². The summed E-state index contributed by atoms with van der Waals surface area (Å²) in [6, 6.07) is 8.79. The van der Waals surface area contributed by atoms with E-state index in [4.69, 9.17) is 0 Å². The Morgan fingerprint density at radius 2 is 1.74 bits per heavy atom.